The summed E-state index contributed by atoms with van der Waals surface area (Å²) in [5, 5.41) is 3.19. The van der Waals surface area contributed by atoms with E-state index in [2.05, 4.69) is 5.32 Å². The Hall–Kier alpha value is -2.51. The minimum Gasteiger partial charge on any atom is -0.453 e. The van der Waals surface area contributed by atoms with Gasteiger partial charge >= 0.3 is 5.97 Å². The Kier molecular flexibility index (Phi) is 4.81. The molecule has 1 saturated heterocycles. The largest absolute Gasteiger partial charge is 0.453 e. The Morgan fingerprint density at radius 2 is 2.07 bits per heavy atom. The van der Waals surface area contributed by atoms with Crippen molar-refractivity contribution in [1.82, 2.24) is 0 Å². The molecule has 0 saturated carbocycles. The van der Waals surface area contributed by atoms with Crippen molar-refractivity contribution in [2.45, 2.75) is 29.5 Å². The van der Waals surface area contributed by atoms with Crippen molar-refractivity contribution in [3.63, 3.8) is 0 Å². The average molecular weight is 417 g/mol. The zero-order valence-electron chi connectivity index (χ0n) is 15.0. The maximum atomic E-state index is 12.9. The fourth-order valence-corrected chi connectivity index (χ4v) is 5.02. The number of nitrogens with zero attached hydrogens (tertiary/aromatic N) is 1. The Balaban J connectivity index is 1.46. The molecule has 2 amide bonds. The van der Waals surface area contributed by atoms with E-state index in [1.165, 1.54) is 16.7 Å². The lowest BCUT2D eigenvalue weighted by atomic mass is 10.2. The van der Waals surface area contributed by atoms with Crippen LogP contribution in [0.3, 0.4) is 0 Å². The SMILES string of the molecule is Cc1ccc(Cl)cc1NC(=O)COC(=O)[C@]12CCC(=O)N1c1ccccc1S2. The average Bonchev–Trinajstić information content (AvgIpc) is 3.18. The van der Waals surface area contributed by atoms with Gasteiger partial charge in [0.1, 0.15) is 0 Å². The number of para-hydroxylation sites is 1. The van der Waals surface area contributed by atoms with Gasteiger partial charge < -0.3 is 10.1 Å². The Labute approximate surface area is 171 Å². The lowest BCUT2D eigenvalue weighted by Crippen LogP contribution is -2.48. The van der Waals surface area contributed by atoms with Crippen LogP contribution in [-0.2, 0) is 19.1 Å². The molecule has 0 spiro atoms. The standard InChI is InChI=1S/C20H17ClN2O4S/c1-12-6-7-13(21)10-14(12)22-17(24)11-27-19(26)20-9-8-18(25)23(20)15-4-2-3-5-16(15)28-20/h2-7,10H,8-9,11H2,1H3,(H,22,24)/t20-/m1/s1. The molecule has 0 radical (unpaired) electrons. The van der Waals surface area contributed by atoms with Crippen LogP contribution in [-0.4, -0.2) is 29.3 Å². The second-order valence-corrected chi connectivity index (χ2v) is 8.42. The van der Waals surface area contributed by atoms with Crippen molar-refractivity contribution >= 4 is 52.5 Å². The molecule has 0 bridgehead atoms. The predicted octanol–water partition coefficient (Wildman–Crippen LogP) is 3.76. The minimum atomic E-state index is -1.13. The smallest absolute Gasteiger partial charge is 0.344 e. The first-order valence-corrected chi connectivity index (χ1v) is 9.94. The highest BCUT2D eigenvalue weighted by Gasteiger charge is 2.58. The maximum absolute atomic E-state index is 12.9. The summed E-state index contributed by atoms with van der Waals surface area (Å²) in [4.78, 5) is 38.8. The first-order chi connectivity index (χ1) is 13.4. The van der Waals surface area contributed by atoms with Gasteiger partial charge in [-0.05, 0) is 36.8 Å². The summed E-state index contributed by atoms with van der Waals surface area (Å²) < 4.78 is 5.32. The number of hydrogen-bond donors (Lipinski definition) is 1. The highest BCUT2D eigenvalue weighted by atomic mass is 35.5. The first-order valence-electron chi connectivity index (χ1n) is 8.75. The summed E-state index contributed by atoms with van der Waals surface area (Å²) in [5.41, 5.74) is 2.12. The van der Waals surface area contributed by atoms with Gasteiger partial charge in [-0.25, -0.2) is 4.79 Å². The number of fused-ring (bicyclic) bond motifs is 3. The highest BCUT2D eigenvalue weighted by molar-refractivity contribution is 8.02. The second-order valence-electron chi connectivity index (χ2n) is 6.67. The van der Waals surface area contributed by atoms with Crippen molar-refractivity contribution in [3.05, 3.63) is 53.1 Å². The number of ether oxygens (including phenoxy) is 1. The van der Waals surface area contributed by atoms with Crippen molar-refractivity contribution in [3.8, 4) is 0 Å². The van der Waals surface area contributed by atoms with Crippen LogP contribution in [0.25, 0.3) is 0 Å². The van der Waals surface area contributed by atoms with E-state index in [4.69, 9.17) is 16.3 Å². The summed E-state index contributed by atoms with van der Waals surface area (Å²) in [6, 6.07) is 12.5. The molecule has 1 fully saturated rings. The topological polar surface area (TPSA) is 75.7 Å². The zero-order chi connectivity index (χ0) is 19.9. The van der Waals surface area contributed by atoms with Gasteiger partial charge in [0.05, 0.1) is 5.69 Å². The van der Waals surface area contributed by atoms with Crippen LogP contribution >= 0.6 is 23.4 Å². The molecular weight excluding hydrogens is 400 g/mol. The second kappa shape index (κ2) is 7.14. The molecule has 0 aromatic heterocycles. The van der Waals surface area contributed by atoms with Gasteiger partial charge in [-0.2, -0.15) is 0 Å². The monoisotopic (exact) mass is 416 g/mol. The molecule has 2 aromatic carbocycles. The van der Waals surface area contributed by atoms with Crippen molar-refractivity contribution in [2.75, 3.05) is 16.8 Å². The number of hydrogen-bond acceptors (Lipinski definition) is 5. The van der Waals surface area contributed by atoms with Gasteiger partial charge in [-0.1, -0.05) is 41.6 Å². The molecule has 4 rings (SSSR count). The Morgan fingerprint density at radius 3 is 2.89 bits per heavy atom. The van der Waals surface area contributed by atoms with E-state index in [1.54, 1.807) is 18.2 Å². The number of rotatable bonds is 4. The number of thioether (sulfide) groups is 1. The number of halogens is 1. The quantitative estimate of drug-likeness (QED) is 0.768. The van der Waals surface area contributed by atoms with E-state index >= 15 is 0 Å². The van der Waals surface area contributed by atoms with E-state index in [0.29, 0.717) is 22.8 Å². The zero-order valence-corrected chi connectivity index (χ0v) is 16.6. The van der Waals surface area contributed by atoms with Crippen LogP contribution in [0, 0.1) is 6.92 Å². The number of anilines is 2. The number of esters is 1. The van der Waals surface area contributed by atoms with Crippen LogP contribution < -0.4 is 10.2 Å². The molecule has 0 unspecified atom stereocenters. The lowest BCUT2D eigenvalue weighted by Gasteiger charge is -2.28. The van der Waals surface area contributed by atoms with Gasteiger partial charge in [0.2, 0.25) is 5.91 Å². The number of amides is 2. The molecule has 144 valence electrons. The molecule has 2 aliphatic rings. The molecule has 1 N–H and O–H groups in total. The summed E-state index contributed by atoms with van der Waals surface area (Å²) in [6.45, 7) is 1.40. The minimum absolute atomic E-state index is 0.117. The van der Waals surface area contributed by atoms with Gasteiger partial charge in [-0.3, -0.25) is 14.5 Å². The normalized spacial score (nSPS) is 19.9. The molecule has 2 heterocycles. The fraction of sp³-hybridized carbons (Fsp3) is 0.250. The molecule has 2 aromatic rings. The first kappa shape index (κ1) is 18.8. The summed E-state index contributed by atoms with van der Waals surface area (Å²) >= 11 is 7.26. The van der Waals surface area contributed by atoms with Crippen LogP contribution in [0.2, 0.25) is 5.02 Å². The maximum Gasteiger partial charge on any atom is 0.344 e. The molecule has 1 atom stereocenters. The van der Waals surface area contributed by atoms with Crippen LogP contribution in [0.5, 0.6) is 0 Å². The molecular formula is C20H17ClN2O4S. The molecule has 8 heteroatoms. The van der Waals surface area contributed by atoms with Gasteiger partial charge in [-0.15, -0.1) is 0 Å². The van der Waals surface area contributed by atoms with Gasteiger partial charge in [0, 0.05) is 28.4 Å². The summed E-state index contributed by atoms with van der Waals surface area (Å²) in [7, 11) is 0. The third-order valence-electron chi connectivity index (χ3n) is 4.80. The van der Waals surface area contributed by atoms with Crippen molar-refractivity contribution in [1.29, 1.82) is 0 Å². The number of aryl methyl sites for hydroxylation is 1. The van der Waals surface area contributed by atoms with Gasteiger partial charge in [0.25, 0.3) is 5.91 Å². The van der Waals surface area contributed by atoms with Crippen LogP contribution in [0.4, 0.5) is 11.4 Å². The van der Waals surface area contributed by atoms with E-state index in [9.17, 15) is 14.4 Å². The molecule has 0 aliphatic carbocycles. The molecule has 28 heavy (non-hydrogen) atoms. The van der Waals surface area contributed by atoms with Crippen molar-refractivity contribution < 1.29 is 19.1 Å². The van der Waals surface area contributed by atoms with Crippen molar-refractivity contribution in [2.24, 2.45) is 0 Å². The summed E-state index contributed by atoms with van der Waals surface area (Å²) in [6.07, 6.45) is 0.614. The molecule has 6 nitrogen and oxygen atoms in total. The molecule has 2 aliphatic heterocycles. The number of carbonyl (C=O) groups excluding carboxylic acids is 3. The summed E-state index contributed by atoms with van der Waals surface area (Å²) in [5.74, 6) is -1.17. The van der Waals surface area contributed by atoms with Crippen LogP contribution in [0.1, 0.15) is 18.4 Å². The number of benzene rings is 2. The number of nitrogens with one attached hydrogen (secondary N) is 1. The Morgan fingerprint density at radius 1 is 1.29 bits per heavy atom. The van der Waals surface area contributed by atoms with Gasteiger partial charge in [0.15, 0.2) is 11.5 Å². The van der Waals surface area contributed by atoms with E-state index in [0.717, 1.165) is 10.5 Å². The third-order valence-corrected chi connectivity index (χ3v) is 6.49. The fourth-order valence-electron chi connectivity index (χ4n) is 3.43. The highest BCUT2D eigenvalue weighted by Crippen LogP contribution is 2.56. The van der Waals surface area contributed by atoms with E-state index in [1.807, 2.05) is 31.2 Å². The number of carbonyl (C=O) groups is 3. The third kappa shape index (κ3) is 3.14. The van der Waals surface area contributed by atoms with Crippen LogP contribution in [0.15, 0.2) is 47.4 Å². The van der Waals surface area contributed by atoms with E-state index < -0.39 is 23.4 Å². The van der Waals surface area contributed by atoms with E-state index in [-0.39, 0.29) is 12.3 Å². The predicted molar refractivity (Wildman–Crippen MR) is 108 cm³/mol. The lowest BCUT2D eigenvalue weighted by molar-refractivity contribution is -0.149. The Bertz CT molecular complexity index is 996.